The summed E-state index contributed by atoms with van der Waals surface area (Å²) in [5.41, 5.74) is 3.05. The molecule has 4 rings (SSSR count). The third-order valence-electron chi connectivity index (χ3n) is 5.15. The molecule has 1 aromatic heterocycles. The van der Waals surface area contributed by atoms with Gasteiger partial charge in [0.1, 0.15) is 6.61 Å². The van der Waals surface area contributed by atoms with Crippen molar-refractivity contribution < 1.29 is 13.9 Å². The maximum atomic E-state index is 5.98. The predicted molar refractivity (Wildman–Crippen MR) is 109 cm³/mol. The Morgan fingerprint density at radius 3 is 2.64 bits per heavy atom. The summed E-state index contributed by atoms with van der Waals surface area (Å²) in [6.07, 6.45) is 4.81. The fraction of sp³-hybridized carbons (Fsp3) is 0.348. The molecule has 146 valence electrons. The quantitative estimate of drug-likeness (QED) is 0.581. The van der Waals surface area contributed by atoms with E-state index in [1.54, 1.807) is 7.11 Å². The van der Waals surface area contributed by atoms with Crippen molar-refractivity contribution in [3.63, 3.8) is 0 Å². The molecule has 0 atom stereocenters. The molecule has 28 heavy (non-hydrogen) atoms. The summed E-state index contributed by atoms with van der Waals surface area (Å²) in [6, 6.07) is 16.2. The minimum atomic E-state index is 0.664. The average molecular weight is 378 g/mol. The molecule has 5 nitrogen and oxygen atoms in total. The number of hydrogen-bond donors (Lipinski definition) is 0. The first-order valence-corrected chi connectivity index (χ1v) is 9.83. The van der Waals surface area contributed by atoms with Crippen LogP contribution < -0.4 is 9.47 Å². The number of benzene rings is 2. The summed E-state index contributed by atoms with van der Waals surface area (Å²) in [6.45, 7) is 3.97. The van der Waals surface area contributed by atoms with Gasteiger partial charge in [-0.2, -0.15) is 0 Å². The van der Waals surface area contributed by atoms with Gasteiger partial charge in [0.2, 0.25) is 0 Å². The van der Waals surface area contributed by atoms with Crippen LogP contribution in [0.15, 0.2) is 59.3 Å². The van der Waals surface area contributed by atoms with Crippen LogP contribution >= 0.6 is 0 Å². The van der Waals surface area contributed by atoms with Crippen molar-refractivity contribution in [3.8, 4) is 22.8 Å². The monoisotopic (exact) mass is 378 g/mol. The molecule has 0 radical (unpaired) electrons. The smallest absolute Gasteiger partial charge is 0.181 e. The average Bonchev–Trinajstić information content (AvgIpc) is 3.41. The number of nitrogens with zero attached hydrogens (tertiary/aromatic N) is 2. The number of aromatic nitrogens is 1. The van der Waals surface area contributed by atoms with Crippen LogP contribution in [0.1, 0.15) is 24.1 Å². The molecule has 1 saturated heterocycles. The third-order valence-corrected chi connectivity index (χ3v) is 5.15. The Kier molecular flexibility index (Phi) is 5.92. The topological polar surface area (TPSA) is 47.7 Å². The fourth-order valence-corrected chi connectivity index (χ4v) is 3.64. The van der Waals surface area contributed by atoms with E-state index >= 15 is 0 Å². The van der Waals surface area contributed by atoms with Gasteiger partial charge < -0.3 is 13.9 Å². The van der Waals surface area contributed by atoms with E-state index < -0.39 is 0 Å². The van der Waals surface area contributed by atoms with E-state index in [1.165, 1.54) is 37.9 Å². The highest BCUT2D eigenvalue weighted by molar-refractivity contribution is 5.64. The van der Waals surface area contributed by atoms with Crippen LogP contribution in [0.2, 0.25) is 0 Å². The van der Waals surface area contributed by atoms with Crippen LogP contribution in [0.3, 0.4) is 0 Å². The highest BCUT2D eigenvalue weighted by atomic mass is 16.5. The molecular weight excluding hydrogens is 352 g/mol. The largest absolute Gasteiger partial charge is 0.493 e. The number of methoxy groups -OCH3 is 1. The van der Waals surface area contributed by atoms with Crippen molar-refractivity contribution in [2.75, 3.05) is 33.4 Å². The highest BCUT2D eigenvalue weighted by Gasteiger charge is 2.15. The number of likely N-dealkylation sites (tertiary alicyclic amines) is 1. The van der Waals surface area contributed by atoms with Crippen LogP contribution in [-0.2, 0) is 6.42 Å². The molecule has 0 N–H and O–H groups in total. The minimum absolute atomic E-state index is 0.664. The molecule has 1 fully saturated rings. The fourth-order valence-electron chi connectivity index (χ4n) is 3.64. The van der Waals surface area contributed by atoms with Gasteiger partial charge in [-0.05, 0) is 49.7 Å². The van der Waals surface area contributed by atoms with E-state index in [1.807, 2.05) is 36.4 Å². The lowest BCUT2D eigenvalue weighted by Gasteiger charge is -2.16. The van der Waals surface area contributed by atoms with Gasteiger partial charge in [-0.1, -0.05) is 30.3 Å². The lowest BCUT2D eigenvalue weighted by Crippen LogP contribution is -2.25. The Morgan fingerprint density at radius 1 is 1.04 bits per heavy atom. The Labute approximate surface area is 165 Å². The molecule has 2 heterocycles. The number of oxazole rings is 1. The van der Waals surface area contributed by atoms with E-state index in [0.717, 1.165) is 35.7 Å². The lowest BCUT2D eigenvalue weighted by molar-refractivity contribution is 0.230. The molecule has 3 aromatic rings. The summed E-state index contributed by atoms with van der Waals surface area (Å²) < 4.78 is 17.2. The second kappa shape index (κ2) is 8.93. The van der Waals surface area contributed by atoms with Gasteiger partial charge in [0.05, 0.1) is 12.8 Å². The second-order valence-corrected chi connectivity index (χ2v) is 7.05. The van der Waals surface area contributed by atoms with Crippen molar-refractivity contribution >= 4 is 0 Å². The standard InChI is InChI=1S/C23H26N2O3/c1-26-22-16-19(9-10-21(22)27-14-13-25-11-5-6-12-25)23-20(24-17-28-23)15-18-7-3-2-4-8-18/h2-4,7-10,16-17H,5-6,11-15H2,1H3. The maximum Gasteiger partial charge on any atom is 0.181 e. The molecule has 2 aromatic carbocycles. The Bertz CT molecular complexity index is 886. The number of hydrogen-bond acceptors (Lipinski definition) is 5. The molecule has 0 aliphatic carbocycles. The van der Waals surface area contributed by atoms with Crippen LogP contribution in [0.5, 0.6) is 11.5 Å². The highest BCUT2D eigenvalue weighted by Crippen LogP contribution is 2.34. The Morgan fingerprint density at radius 2 is 1.86 bits per heavy atom. The van der Waals surface area contributed by atoms with Gasteiger partial charge >= 0.3 is 0 Å². The maximum absolute atomic E-state index is 5.98. The summed E-state index contributed by atoms with van der Waals surface area (Å²) in [5.74, 6) is 2.24. The first-order valence-electron chi connectivity index (χ1n) is 9.83. The zero-order valence-corrected chi connectivity index (χ0v) is 16.3. The molecule has 0 bridgehead atoms. The Balaban J connectivity index is 1.47. The SMILES string of the molecule is COc1cc(-c2ocnc2Cc2ccccc2)ccc1OCCN1CCCC1. The summed E-state index contributed by atoms with van der Waals surface area (Å²) in [5, 5.41) is 0. The first-order chi connectivity index (χ1) is 13.8. The number of rotatable bonds is 8. The Hall–Kier alpha value is -2.79. The van der Waals surface area contributed by atoms with Gasteiger partial charge in [-0.15, -0.1) is 0 Å². The molecule has 0 amide bonds. The lowest BCUT2D eigenvalue weighted by atomic mass is 10.0. The number of ether oxygens (including phenoxy) is 2. The van der Waals surface area contributed by atoms with Gasteiger partial charge in [-0.25, -0.2) is 4.98 Å². The van der Waals surface area contributed by atoms with Gasteiger partial charge in [0, 0.05) is 18.5 Å². The first kappa shape index (κ1) is 18.6. The van der Waals surface area contributed by atoms with E-state index in [-0.39, 0.29) is 0 Å². The molecular formula is C23H26N2O3. The van der Waals surface area contributed by atoms with Crippen LogP contribution in [0, 0.1) is 0 Å². The molecule has 0 unspecified atom stereocenters. The zero-order chi connectivity index (χ0) is 19.2. The summed E-state index contributed by atoms with van der Waals surface area (Å²) >= 11 is 0. The molecule has 0 saturated carbocycles. The van der Waals surface area contributed by atoms with Crippen molar-refractivity contribution in [2.24, 2.45) is 0 Å². The van der Waals surface area contributed by atoms with Crippen molar-refractivity contribution in [2.45, 2.75) is 19.3 Å². The zero-order valence-electron chi connectivity index (χ0n) is 16.3. The molecule has 5 heteroatoms. The van der Waals surface area contributed by atoms with Crippen LogP contribution in [0.4, 0.5) is 0 Å². The van der Waals surface area contributed by atoms with E-state index in [9.17, 15) is 0 Å². The summed E-state index contributed by atoms with van der Waals surface area (Å²) in [7, 11) is 1.66. The van der Waals surface area contributed by atoms with E-state index in [0.29, 0.717) is 12.4 Å². The molecule has 0 spiro atoms. The van der Waals surface area contributed by atoms with Crippen LogP contribution in [0.25, 0.3) is 11.3 Å². The normalized spacial score (nSPS) is 14.3. The summed E-state index contributed by atoms with van der Waals surface area (Å²) in [4.78, 5) is 6.85. The third kappa shape index (κ3) is 4.37. The van der Waals surface area contributed by atoms with E-state index in [2.05, 4.69) is 22.0 Å². The van der Waals surface area contributed by atoms with Crippen molar-refractivity contribution in [3.05, 3.63) is 66.2 Å². The molecule has 1 aliphatic heterocycles. The van der Waals surface area contributed by atoms with Gasteiger partial charge in [0.25, 0.3) is 0 Å². The van der Waals surface area contributed by atoms with Crippen molar-refractivity contribution in [1.82, 2.24) is 9.88 Å². The van der Waals surface area contributed by atoms with Gasteiger partial charge in [-0.3, -0.25) is 4.90 Å². The predicted octanol–water partition coefficient (Wildman–Crippen LogP) is 4.42. The van der Waals surface area contributed by atoms with Crippen LogP contribution in [-0.4, -0.2) is 43.2 Å². The van der Waals surface area contributed by atoms with Crippen molar-refractivity contribution in [1.29, 1.82) is 0 Å². The molecule has 1 aliphatic rings. The minimum Gasteiger partial charge on any atom is -0.493 e. The second-order valence-electron chi connectivity index (χ2n) is 7.05. The van der Waals surface area contributed by atoms with E-state index in [4.69, 9.17) is 13.9 Å². The van der Waals surface area contributed by atoms with Gasteiger partial charge in [0.15, 0.2) is 23.7 Å².